The number of aryl methyl sites for hydroxylation is 1. The Labute approximate surface area is 482 Å². The van der Waals surface area contributed by atoms with Crippen LogP contribution in [0.1, 0.15) is 134 Å². The van der Waals surface area contributed by atoms with Crippen LogP contribution in [0.15, 0.2) is 29.8 Å². The number of nitrogens with one attached hydrogen (secondary N) is 1. The van der Waals surface area contributed by atoms with Crippen LogP contribution in [0.2, 0.25) is 0 Å². The number of fused-ring (bicyclic) bond motifs is 6. The molecule has 7 fully saturated rings. The topological polar surface area (TPSA) is 149 Å². The van der Waals surface area contributed by atoms with E-state index in [0.29, 0.717) is 98.1 Å². The molecule has 1 aromatic carbocycles. The second kappa shape index (κ2) is 23.0. The van der Waals surface area contributed by atoms with E-state index < -0.39 is 23.3 Å². The first-order valence-corrected chi connectivity index (χ1v) is 31.7. The molecule has 1 N–H and O–H groups in total. The van der Waals surface area contributed by atoms with E-state index in [4.69, 9.17) is 19.4 Å². The van der Waals surface area contributed by atoms with Gasteiger partial charge >= 0.3 is 5.97 Å². The number of likely N-dealkylation sites (N-methyl/N-ethyl adjacent to an activating group) is 2. The van der Waals surface area contributed by atoms with E-state index in [-0.39, 0.29) is 47.7 Å². The van der Waals surface area contributed by atoms with Crippen molar-refractivity contribution >= 4 is 51.5 Å². The standard InChI is InChI=1S/C63H87FN10O6S/c1-8-44-45-30-48(64)46-31-51(45)73(57(44)47-29-43(32-65-54(47)39(2)79-7)70-26-24-68(5)25-27-70)34-62(3,4)38-80-61(78)49-17-12-23-74(67-49)59(76)42(28-53-66-50(46)33-81-53)16-11-18-52(75)55(40-14-9-10-15-40)71-22-13-21-63(35-71)36-72(37-63)60(77)58-56(69(58)6)41-19-20-41/h29-33,39-42,49,55-56,58,67H,8-28,34-38H2,1-7H3/t39-,42-,49-,55-,56+,58+,69?/m0/s1. The quantitative estimate of drug-likeness (QED) is 0.0951. The van der Waals surface area contributed by atoms with Crippen molar-refractivity contribution in [1.29, 1.82) is 0 Å². The van der Waals surface area contributed by atoms with Gasteiger partial charge in [0.25, 0.3) is 0 Å². The number of hydrogen-bond acceptors (Lipinski definition) is 14. The maximum atomic E-state index is 17.1. The number of carbonyl (C=O) groups excluding carboxylic acids is 4. The number of pyridine rings is 1. The van der Waals surface area contributed by atoms with E-state index in [1.54, 1.807) is 18.2 Å². The number of thiazole rings is 1. The number of esters is 1. The minimum atomic E-state index is -0.705. The van der Waals surface area contributed by atoms with Gasteiger partial charge < -0.3 is 28.7 Å². The first kappa shape index (κ1) is 56.6. The molecule has 3 aromatic heterocycles. The molecular formula is C63H87FN10O6S. The number of aromatic nitrogens is 3. The van der Waals surface area contributed by atoms with Crippen LogP contribution in [0.4, 0.5) is 10.1 Å². The van der Waals surface area contributed by atoms with E-state index in [0.717, 1.165) is 130 Å². The summed E-state index contributed by atoms with van der Waals surface area (Å²) < 4.78 is 31.6. The lowest BCUT2D eigenvalue weighted by atomic mass is 9.72. The number of halogens is 1. The Morgan fingerprint density at radius 2 is 1.72 bits per heavy atom. The molecule has 2 amide bonds. The number of ketones is 1. The summed E-state index contributed by atoms with van der Waals surface area (Å²) in [6, 6.07) is 5.44. The molecule has 1 spiro atoms. The van der Waals surface area contributed by atoms with Gasteiger partial charge in [-0.05, 0) is 134 Å². The highest BCUT2D eigenvalue weighted by Gasteiger charge is 2.60. The predicted molar refractivity (Wildman–Crippen MR) is 313 cm³/mol. The lowest BCUT2D eigenvalue weighted by molar-refractivity contribution is -0.156. The van der Waals surface area contributed by atoms with Crippen LogP contribution >= 0.6 is 11.3 Å². The number of hydrogen-bond donors (Lipinski definition) is 1. The monoisotopic (exact) mass is 1130 g/mol. The Balaban J connectivity index is 0.828. The molecule has 0 radical (unpaired) electrons. The van der Waals surface area contributed by atoms with Crippen LogP contribution < -0.4 is 10.3 Å². The molecule has 4 aromatic rings. The van der Waals surface area contributed by atoms with Crippen molar-refractivity contribution in [2.45, 2.75) is 161 Å². The van der Waals surface area contributed by atoms with Crippen LogP contribution in [0.3, 0.4) is 0 Å². The number of ether oxygens (including phenoxy) is 2. The van der Waals surface area contributed by atoms with Gasteiger partial charge in [0, 0.05) is 129 Å². The number of likely N-dealkylation sites (tertiary alicyclic amines) is 2. The maximum absolute atomic E-state index is 17.1. The van der Waals surface area contributed by atoms with Crippen molar-refractivity contribution in [3.8, 4) is 22.5 Å². The van der Waals surface area contributed by atoms with Gasteiger partial charge in [0.05, 0.1) is 52.7 Å². The zero-order chi connectivity index (χ0) is 56.5. The molecule has 2 aliphatic carbocycles. The van der Waals surface area contributed by atoms with Crippen LogP contribution in [0.25, 0.3) is 33.4 Å². The van der Waals surface area contributed by atoms with Gasteiger partial charge in [-0.2, -0.15) is 0 Å². The number of methoxy groups -OCH3 is 1. The molecule has 6 aliphatic heterocycles. The normalized spacial score (nSPS) is 27.3. The number of nitrogens with zero attached hydrogens (tertiary/aromatic N) is 9. The van der Waals surface area contributed by atoms with E-state index in [2.05, 4.69) is 75.4 Å². The molecule has 12 rings (SSSR count). The number of amides is 2. The van der Waals surface area contributed by atoms with Gasteiger partial charge in [-0.25, -0.2) is 14.8 Å². The number of piperazine rings is 1. The third kappa shape index (κ3) is 11.4. The lowest BCUT2D eigenvalue weighted by Gasteiger charge is -2.56. The summed E-state index contributed by atoms with van der Waals surface area (Å²) in [5.41, 5.74) is 9.17. The highest BCUT2D eigenvalue weighted by Crippen LogP contribution is 2.49. The van der Waals surface area contributed by atoms with Crippen molar-refractivity contribution in [3.05, 3.63) is 51.9 Å². The van der Waals surface area contributed by atoms with Crippen molar-refractivity contribution < 1.29 is 33.0 Å². The van der Waals surface area contributed by atoms with E-state index in [1.807, 2.05) is 24.6 Å². The fourth-order valence-electron chi connectivity index (χ4n) is 15.3. The molecule has 5 saturated heterocycles. The Kier molecular flexibility index (Phi) is 16.1. The average molecular weight is 1130 g/mol. The number of benzene rings is 1. The van der Waals surface area contributed by atoms with Gasteiger partial charge in [0.2, 0.25) is 11.8 Å². The van der Waals surface area contributed by atoms with E-state index >= 15 is 4.39 Å². The van der Waals surface area contributed by atoms with Crippen molar-refractivity contribution in [1.82, 2.24) is 44.6 Å². The predicted octanol–water partition coefficient (Wildman–Crippen LogP) is 8.54. The average Bonchev–Trinajstić information content (AvgIpc) is 4.40. The fraction of sp³-hybridized carbons (Fsp3) is 0.683. The molecule has 7 atom stereocenters. The van der Waals surface area contributed by atoms with Crippen LogP contribution in [0, 0.1) is 34.4 Å². The van der Waals surface area contributed by atoms with Crippen LogP contribution in [-0.2, 0) is 48.0 Å². The van der Waals surface area contributed by atoms with Gasteiger partial charge in [-0.1, -0.05) is 33.6 Å². The molecule has 9 heterocycles. The van der Waals surface area contributed by atoms with E-state index in [9.17, 15) is 19.2 Å². The summed E-state index contributed by atoms with van der Waals surface area (Å²) in [6.07, 6.45) is 14.0. The number of cyclic esters (lactones) is 1. The zero-order valence-corrected chi connectivity index (χ0v) is 50.0. The molecule has 438 valence electrons. The van der Waals surface area contributed by atoms with Crippen LogP contribution in [-0.4, -0.2) is 174 Å². The zero-order valence-electron chi connectivity index (χ0n) is 49.2. The Morgan fingerprint density at radius 1 is 0.938 bits per heavy atom. The summed E-state index contributed by atoms with van der Waals surface area (Å²) in [4.78, 5) is 79.5. The van der Waals surface area contributed by atoms with Gasteiger partial charge in [-0.3, -0.25) is 39.0 Å². The summed E-state index contributed by atoms with van der Waals surface area (Å²) in [6.45, 7) is 16.2. The second-order valence-electron chi connectivity index (χ2n) is 26.6. The van der Waals surface area contributed by atoms with Crippen molar-refractivity contribution in [2.24, 2.45) is 28.6 Å². The summed E-state index contributed by atoms with van der Waals surface area (Å²) >= 11 is 1.43. The number of Topliss-reactive ketones (excluding diaryl/α,β-unsaturated/α-hetero) is 1. The SMILES string of the molecule is CCc1c(-c2cc(N3CCN(C)CC3)cnc2[C@H](C)OC)n2c3cc(c(F)cc13)-c1csc(n1)C[C@H](CCCC(=O)[C@H](C1CCCC1)N1CCCC3(CN(C(=O)[C@H]4[C@@H](C5CC5)N4C)C3)C1)C(=O)N1CCC[C@H](N1)C(=O)OCC(C)(C)C2. The van der Waals surface area contributed by atoms with E-state index in [1.165, 1.54) is 24.2 Å². The summed E-state index contributed by atoms with van der Waals surface area (Å²) in [7, 11) is 5.95. The smallest absolute Gasteiger partial charge is 0.324 e. The molecule has 18 heteroatoms. The van der Waals surface area contributed by atoms with Crippen molar-refractivity contribution in [3.63, 3.8) is 0 Å². The van der Waals surface area contributed by atoms with Gasteiger partial charge in [0.1, 0.15) is 23.7 Å². The summed E-state index contributed by atoms with van der Waals surface area (Å²) in [5.74, 6) is 0.107. The molecule has 6 bridgehead atoms. The number of hydrazine groups is 1. The van der Waals surface area contributed by atoms with Crippen LogP contribution in [0.5, 0.6) is 0 Å². The largest absolute Gasteiger partial charge is 0.464 e. The Morgan fingerprint density at radius 3 is 2.46 bits per heavy atom. The molecule has 2 saturated carbocycles. The molecular weight excluding hydrogens is 1040 g/mol. The molecule has 81 heavy (non-hydrogen) atoms. The summed E-state index contributed by atoms with van der Waals surface area (Å²) in [5, 5.41) is 5.04. The second-order valence-corrected chi connectivity index (χ2v) is 27.5. The minimum Gasteiger partial charge on any atom is -0.464 e. The third-order valence-corrected chi connectivity index (χ3v) is 20.9. The number of anilines is 1. The number of piperidine rings is 1. The molecule has 1 unspecified atom stereocenters. The highest BCUT2D eigenvalue weighted by molar-refractivity contribution is 7.10. The lowest BCUT2D eigenvalue weighted by Crippen LogP contribution is -2.66. The Hall–Kier alpha value is -4.85. The highest BCUT2D eigenvalue weighted by atomic mass is 32.1. The minimum absolute atomic E-state index is 0.0405. The maximum Gasteiger partial charge on any atom is 0.324 e. The first-order valence-electron chi connectivity index (χ1n) is 30.8. The number of rotatable bonds is 14. The fourth-order valence-corrected chi connectivity index (χ4v) is 16.2. The first-order chi connectivity index (χ1) is 39.0. The Bertz CT molecular complexity index is 3010. The van der Waals surface area contributed by atoms with Crippen molar-refractivity contribution in [2.75, 3.05) is 91.6 Å². The van der Waals surface area contributed by atoms with Gasteiger partial charge in [0.15, 0.2) is 0 Å². The molecule has 8 aliphatic rings. The van der Waals surface area contributed by atoms with Gasteiger partial charge in [-0.15, -0.1) is 11.3 Å². The molecule has 16 nitrogen and oxygen atoms in total. The number of carbonyl (C=O) groups is 4. The third-order valence-electron chi connectivity index (χ3n) is 20.0.